The summed E-state index contributed by atoms with van der Waals surface area (Å²) in [7, 11) is 1.85. The van der Waals surface area contributed by atoms with Crippen molar-refractivity contribution in [2.24, 2.45) is 7.05 Å². The second-order valence-electron chi connectivity index (χ2n) is 5.18. The van der Waals surface area contributed by atoms with Gasteiger partial charge >= 0.3 is 0 Å². The fraction of sp³-hybridized carbons (Fsp3) is 0.357. The third-order valence-corrected chi connectivity index (χ3v) is 3.13. The van der Waals surface area contributed by atoms with Gasteiger partial charge < -0.3 is 10.4 Å². The molecule has 2 rings (SSSR count). The van der Waals surface area contributed by atoms with Crippen LogP contribution in [0.15, 0.2) is 24.4 Å². The smallest absolute Gasteiger partial charge is 0.296 e. The van der Waals surface area contributed by atoms with Gasteiger partial charge in [-0.1, -0.05) is 13.8 Å². The van der Waals surface area contributed by atoms with Gasteiger partial charge in [-0.05, 0) is 18.1 Å². The van der Waals surface area contributed by atoms with E-state index < -0.39 is 4.92 Å². The molecule has 2 N–H and O–H groups in total. The molecular weight excluding hydrogens is 272 g/mol. The fourth-order valence-electron chi connectivity index (χ4n) is 2.19. The molecule has 0 aliphatic heterocycles. The molecule has 0 saturated heterocycles. The SMILES string of the molecule is CC(C)c1nn(C)cc1CNc1ccc(O)cc1[N+](=O)[O-]. The van der Waals surface area contributed by atoms with Gasteiger partial charge in [-0.15, -0.1) is 0 Å². The molecule has 21 heavy (non-hydrogen) atoms. The molecule has 2 aromatic rings. The highest BCUT2D eigenvalue weighted by molar-refractivity contribution is 5.63. The number of benzene rings is 1. The summed E-state index contributed by atoms with van der Waals surface area (Å²) in [5.74, 6) is 0.148. The van der Waals surface area contributed by atoms with E-state index in [1.807, 2.05) is 13.2 Å². The van der Waals surface area contributed by atoms with Gasteiger partial charge in [0.2, 0.25) is 0 Å². The van der Waals surface area contributed by atoms with E-state index in [1.54, 1.807) is 4.68 Å². The van der Waals surface area contributed by atoms with Crippen LogP contribution in [-0.4, -0.2) is 19.8 Å². The molecule has 0 atom stereocenters. The summed E-state index contributed by atoms with van der Waals surface area (Å²) in [5, 5.41) is 27.8. The predicted molar refractivity (Wildman–Crippen MR) is 79.4 cm³/mol. The van der Waals surface area contributed by atoms with E-state index in [9.17, 15) is 15.2 Å². The zero-order valence-corrected chi connectivity index (χ0v) is 12.2. The van der Waals surface area contributed by atoms with Crippen molar-refractivity contribution in [2.45, 2.75) is 26.3 Å². The summed E-state index contributed by atoms with van der Waals surface area (Å²) >= 11 is 0. The van der Waals surface area contributed by atoms with Gasteiger partial charge in [-0.2, -0.15) is 5.10 Å². The highest BCUT2D eigenvalue weighted by atomic mass is 16.6. The lowest BCUT2D eigenvalue weighted by Crippen LogP contribution is -2.04. The summed E-state index contributed by atoms with van der Waals surface area (Å²) in [6, 6.07) is 4.05. The Hall–Kier alpha value is -2.57. The topological polar surface area (TPSA) is 93.2 Å². The number of aryl methyl sites for hydroxylation is 1. The molecule has 1 heterocycles. The van der Waals surface area contributed by atoms with Gasteiger partial charge in [0, 0.05) is 25.4 Å². The van der Waals surface area contributed by atoms with Crippen molar-refractivity contribution in [3.63, 3.8) is 0 Å². The Morgan fingerprint density at radius 2 is 2.19 bits per heavy atom. The number of hydrogen-bond acceptors (Lipinski definition) is 5. The zero-order chi connectivity index (χ0) is 15.6. The molecule has 112 valence electrons. The molecule has 0 aliphatic rings. The van der Waals surface area contributed by atoms with Gasteiger partial charge in [0.1, 0.15) is 11.4 Å². The maximum atomic E-state index is 11.0. The van der Waals surface area contributed by atoms with Crippen LogP contribution in [0, 0.1) is 10.1 Å². The van der Waals surface area contributed by atoms with Crippen molar-refractivity contribution in [3.8, 4) is 5.75 Å². The van der Waals surface area contributed by atoms with Crippen LogP contribution in [-0.2, 0) is 13.6 Å². The van der Waals surface area contributed by atoms with Crippen molar-refractivity contribution in [2.75, 3.05) is 5.32 Å². The van der Waals surface area contributed by atoms with Gasteiger partial charge in [0.05, 0.1) is 16.7 Å². The third-order valence-electron chi connectivity index (χ3n) is 3.13. The van der Waals surface area contributed by atoms with Gasteiger partial charge in [-0.3, -0.25) is 14.8 Å². The van der Waals surface area contributed by atoms with Crippen molar-refractivity contribution in [1.29, 1.82) is 0 Å². The average molecular weight is 290 g/mol. The van der Waals surface area contributed by atoms with E-state index in [0.717, 1.165) is 17.3 Å². The van der Waals surface area contributed by atoms with Crippen molar-refractivity contribution in [3.05, 3.63) is 45.8 Å². The molecule has 0 unspecified atom stereocenters. The molecule has 0 bridgehead atoms. The fourth-order valence-corrected chi connectivity index (χ4v) is 2.19. The second kappa shape index (κ2) is 5.82. The van der Waals surface area contributed by atoms with E-state index in [4.69, 9.17) is 0 Å². The molecule has 0 spiro atoms. The number of aromatic nitrogens is 2. The number of nitro benzene ring substituents is 1. The normalized spacial score (nSPS) is 10.9. The summed E-state index contributed by atoms with van der Waals surface area (Å²) in [6.07, 6.45) is 1.90. The third kappa shape index (κ3) is 3.31. The zero-order valence-electron chi connectivity index (χ0n) is 12.2. The molecule has 1 aromatic heterocycles. The second-order valence-corrected chi connectivity index (χ2v) is 5.18. The largest absolute Gasteiger partial charge is 0.508 e. The molecule has 0 amide bonds. The Kier molecular flexibility index (Phi) is 4.11. The Morgan fingerprint density at radius 1 is 1.48 bits per heavy atom. The van der Waals surface area contributed by atoms with E-state index in [2.05, 4.69) is 24.3 Å². The van der Waals surface area contributed by atoms with Crippen molar-refractivity contribution in [1.82, 2.24) is 9.78 Å². The molecule has 7 nitrogen and oxygen atoms in total. The summed E-state index contributed by atoms with van der Waals surface area (Å²) in [4.78, 5) is 10.5. The monoisotopic (exact) mass is 290 g/mol. The van der Waals surface area contributed by atoms with Crippen LogP contribution in [0.25, 0.3) is 0 Å². The van der Waals surface area contributed by atoms with Crippen LogP contribution in [0.5, 0.6) is 5.75 Å². The van der Waals surface area contributed by atoms with Gasteiger partial charge in [0.25, 0.3) is 5.69 Å². The first-order valence-electron chi connectivity index (χ1n) is 6.62. The summed E-state index contributed by atoms with van der Waals surface area (Å²) < 4.78 is 1.73. The van der Waals surface area contributed by atoms with Crippen LogP contribution in [0.1, 0.15) is 31.0 Å². The molecule has 0 fully saturated rings. The van der Waals surface area contributed by atoms with Crippen LogP contribution >= 0.6 is 0 Å². The number of anilines is 1. The van der Waals surface area contributed by atoms with Gasteiger partial charge in [-0.25, -0.2) is 0 Å². The van der Waals surface area contributed by atoms with E-state index in [-0.39, 0.29) is 17.4 Å². The van der Waals surface area contributed by atoms with Crippen molar-refractivity contribution < 1.29 is 10.0 Å². The minimum absolute atomic E-state index is 0.128. The first kappa shape index (κ1) is 14.8. The standard InChI is InChI=1S/C14H18N4O3/c1-9(2)14-10(8-17(3)16-14)7-15-12-5-4-11(19)6-13(12)18(20)21/h4-6,8-9,15,19H,7H2,1-3H3. The van der Waals surface area contributed by atoms with Gasteiger partial charge in [0.15, 0.2) is 0 Å². The Balaban J connectivity index is 2.23. The first-order chi connectivity index (χ1) is 9.88. The van der Waals surface area contributed by atoms with Crippen LogP contribution in [0.4, 0.5) is 11.4 Å². The van der Waals surface area contributed by atoms with Crippen molar-refractivity contribution >= 4 is 11.4 Å². The van der Waals surface area contributed by atoms with E-state index in [1.165, 1.54) is 12.1 Å². The molecule has 0 saturated carbocycles. The number of nitro groups is 1. The highest BCUT2D eigenvalue weighted by Gasteiger charge is 2.16. The summed E-state index contributed by atoms with van der Waals surface area (Å²) in [6.45, 7) is 4.54. The van der Waals surface area contributed by atoms with E-state index in [0.29, 0.717) is 12.2 Å². The van der Waals surface area contributed by atoms with Crippen LogP contribution in [0.3, 0.4) is 0 Å². The van der Waals surface area contributed by atoms with E-state index >= 15 is 0 Å². The Morgan fingerprint density at radius 3 is 2.81 bits per heavy atom. The lowest BCUT2D eigenvalue weighted by Gasteiger charge is -2.09. The number of aromatic hydroxyl groups is 1. The molecular formula is C14H18N4O3. The number of rotatable bonds is 5. The molecule has 7 heteroatoms. The number of nitrogens with one attached hydrogen (secondary N) is 1. The predicted octanol–water partition coefficient (Wildman–Crippen LogP) is 2.77. The number of phenols is 1. The highest BCUT2D eigenvalue weighted by Crippen LogP contribution is 2.29. The lowest BCUT2D eigenvalue weighted by molar-refractivity contribution is -0.384. The minimum Gasteiger partial charge on any atom is -0.508 e. The summed E-state index contributed by atoms with van der Waals surface area (Å²) in [5.41, 5.74) is 2.18. The number of nitrogens with zero attached hydrogens (tertiary/aromatic N) is 3. The molecule has 0 aliphatic carbocycles. The quantitative estimate of drug-likeness (QED) is 0.501. The maximum absolute atomic E-state index is 11.0. The van der Waals surface area contributed by atoms with Crippen LogP contribution in [0.2, 0.25) is 0 Å². The van der Waals surface area contributed by atoms with Crippen LogP contribution < -0.4 is 5.32 Å². The minimum atomic E-state index is -0.519. The Labute approximate surface area is 122 Å². The molecule has 0 radical (unpaired) electrons. The molecule has 1 aromatic carbocycles. The lowest BCUT2D eigenvalue weighted by atomic mass is 10.1. The number of phenolic OH excluding ortho intramolecular Hbond substituents is 1. The maximum Gasteiger partial charge on any atom is 0.296 e. The Bertz CT molecular complexity index is 664. The number of hydrogen-bond donors (Lipinski definition) is 2. The average Bonchev–Trinajstić information content (AvgIpc) is 2.78. The first-order valence-corrected chi connectivity index (χ1v) is 6.62.